The van der Waals surface area contributed by atoms with Gasteiger partial charge in [0.1, 0.15) is 0 Å². The van der Waals surface area contributed by atoms with Crippen molar-refractivity contribution < 1.29 is 24.0 Å². The second kappa shape index (κ2) is 10.4. The topological polar surface area (TPSA) is 160 Å². The van der Waals surface area contributed by atoms with Crippen LogP contribution in [0, 0.1) is 10.1 Å². The number of amides is 2. The first kappa shape index (κ1) is 24.0. The molecule has 0 aliphatic rings. The molecule has 4 N–H and O–H groups in total. The number of hydrazine groups is 1. The van der Waals surface area contributed by atoms with Gasteiger partial charge in [0.15, 0.2) is 5.75 Å². The highest BCUT2D eigenvalue weighted by Crippen LogP contribution is 2.27. The molecule has 0 aliphatic carbocycles. The molecular weight excluding hydrogens is 466 g/mol. The lowest BCUT2D eigenvalue weighted by molar-refractivity contribution is -0.385. The van der Waals surface area contributed by atoms with Crippen molar-refractivity contribution in [2.45, 2.75) is 13.0 Å². The van der Waals surface area contributed by atoms with E-state index in [0.717, 1.165) is 23.5 Å². The summed E-state index contributed by atoms with van der Waals surface area (Å²) in [5.41, 5.74) is 6.49. The zero-order chi connectivity index (χ0) is 25.7. The number of furan rings is 1. The van der Waals surface area contributed by atoms with Crippen molar-refractivity contribution in [1.82, 2.24) is 15.8 Å². The van der Waals surface area contributed by atoms with Crippen molar-refractivity contribution in [2.75, 3.05) is 5.32 Å². The number of nitro benzene ring substituents is 1. The van der Waals surface area contributed by atoms with Gasteiger partial charge in [0.05, 0.1) is 22.9 Å². The van der Waals surface area contributed by atoms with E-state index in [-0.39, 0.29) is 17.4 Å². The van der Waals surface area contributed by atoms with Gasteiger partial charge in [-0.25, -0.2) is 0 Å². The summed E-state index contributed by atoms with van der Waals surface area (Å²) < 4.78 is 5.32. The number of rotatable bonds is 7. The number of anilines is 1. The Labute approximate surface area is 204 Å². The van der Waals surface area contributed by atoms with E-state index in [2.05, 4.69) is 21.2 Å². The number of para-hydroxylation sites is 1. The van der Waals surface area contributed by atoms with Crippen molar-refractivity contribution in [2.24, 2.45) is 0 Å². The fourth-order valence-corrected chi connectivity index (χ4v) is 3.44. The number of nitrogens with zero attached hydrogens (tertiary/aromatic N) is 2. The molecule has 4 rings (SSSR count). The van der Waals surface area contributed by atoms with E-state index in [9.17, 15) is 24.8 Å². The number of aromatic nitrogens is 1. The van der Waals surface area contributed by atoms with E-state index in [1.807, 2.05) is 43.3 Å². The molecule has 0 spiro atoms. The maximum atomic E-state index is 12.6. The van der Waals surface area contributed by atoms with Gasteiger partial charge in [-0.3, -0.25) is 35.5 Å². The highest BCUT2D eigenvalue weighted by molar-refractivity contribution is 6.01. The predicted octanol–water partition coefficient (Wildman–Crippen LogP) is 4.20. The molecule has 2 aromatic carbocycles. The number of benzene rings is 2. The molecule has 1 atom stereocenters. The summed E-state index contributed by atoms with van der Waals surface area (Å²) in [5, 5.41) is 23.8. The van der Waals surface area contributed by atoms with E-state index < -0.39 is 28.2 Å². The van der Waals surface area contributed by atoms with Crippen LogP contribution in [-0.4, -0.2) is 26.8 Å². The van der Waals surface area contributed by atoms with Gasteiger partial charge in [0.2, 0.25) is 5.76 Å². The van der Waals surface area contributed by atoms with E-state index >= 15 is 0 Å². The predicted molar refractivity (Wildman–Crippen MR) is 130 cm³/mol. The molecule has 2 amide bonds. The Hall–Kier alpha value is -5.19. The van der Waals surface area contributed by atoms with Gasteiger partial charge in [-0.2, -0.15) is 0 Å². The lowest BCUT2D eigenvalue weighted by Crippen LogP contribution is -2.41. The number of phenols is 1. The molecule has 0 aliphatic heterocycles. The van der Waals surface area contributed by atoms with E-state index in [1.54, 1.807) is 18.3 Å². The third kappa shape index (κ3) is 5.30. The Morgan fingerprint density at radius 1 is 1.03 bits per heavy atom. The summed E-state index contributed by atoms with van der Waals surface area (Å²) in [6, 6.07) is 18.0. The molecule has 2 heterocycles. The van der Waals surface area contributed by atoms with Gasteiger partial charge in [-0.05, 0) is 43.3 Å². The Morgan fingerprint density at radius 2 is 1.78 bits per heavy atom. The quantitative estimate of drug-likeness (QED) is 0.223. The van der Waals surface area contributed by atoms with Gasteiger partial charge >= 0.3 is 11.6 Å². The molecule has 11 nitrogen and oxygen atoms in total. The normalized spacial score (nSPS) is 11.4. The number of hydrogen-bond donors (Lipinski definition) is 4. The van der Waals surface area contributed by atoms with Gasteiger partial charge in [-0.15, -0.1) is 0 Å². The maximum absolute atomic E-state index is 12.6. The van der Waals surface area contributed by atoms with Gasteiger partial charge < -0.3 is 14.8 Å². The molecule has 11 heteroatoms. The first-order valence-corrected chi connectivity index (χ1v) is 10.8. The summed E-state index contributed by atoms with van der Waals surface area (Å²) in [5.74, 6) is -2.19. The summed E-state index contributed by atoms with van der Waals surface area (Å²) in [6.07, 6.45) is 2.96. The van der Waals surface area contributed by atoms with Crippen LogP contribution in [0.4, 0.5) is 11.4 Å². The number of aromatic hydroxyl groups is 1. The first-order valence-electron chi connectivity index (χ1n) is 10.8. The van der Waals surface area contributed by atoms with Crippen molar-refractivity contribution >= 4 is 23.2 Å². The van der Waals surface area contributed by atoms with Crippen LogP contribution in [0.1, 0.15) is 39.6 Å². The van der Waals surface area contributed by atoms with Crippen LogP contribution in [-0.2, 0) is 0 Å². The molecule has 36 heavy (non-hydrogen) atoms. The third-order valence-electron chi connectivity index (χ3n) is 5.29. The smallest absolute Gasteiger partial charge is 0.311 e. The van der Waals surface area contributed by atoms with Crippen LogP contribution < -0.4 is 16.2 Å². The molecule has 2 aromatic heterocycles. The van der Waals surface area contributed by atoms with Crippen molar-refractivity contribution in [3.63, 3.8) is 0 Å². The number of pyridine rings is 1. The molecule has 0 fully saturated rings. The summed E-state index contributed by atoms with van der Waals surface area (Å²) in [4.78, 5) is 39.6. The standard InChI is InChI=1S/C25H21N5O6/c1-15(27-18-5-3-2-4-6-18)20-9-7-17(14-26-20)19-11-12-36-23(19)25(33)29-28-24(32)16-8-10-22(31)21(13-16)30(34)35/h2-15,27,31H,1H3,(H,28,32)(H,29,33). The summed E-state index contributed by atoms with van der Waals surface area (Å²) in [7, 11) is 0. The minimum atomic E-state index is -0.822. The first-order chi connectivity index (χ1) is 17.3. The zero-order valence-corrected chi connectivity index (χ0v) is 19.0. The average Bonchev–Trinajstić information content (AvgIpc) is 3.38. The molecule has 182 valence electrons. The van der Waals surface area contributed by atoms with Crippen molar-refractivity contribution in [3.8, 4) is 16.9 Å². The molecule has 0 bridgehead atoms. The Kier molecular flexibility index (Phi) is 6.91. The second-order valence-corrected chi connectivity index (χ2v) is 7.74. The van der Waals surface area contributed by atoms with E-state index in [4.69, 9.17) is 4.42 Å². The Balaban J connectivity index is 1.42. The molecule has 0 saturated carbocycles. The second-order valence-electron chi connectivity index (χ2n) is 7.74. The van der Waals surface area contributed by atoms with Crippen LogP contribution in [0.25, 0.3) is 11.1 Å². The molecule has 0 radical (unpaired) electrons. The van der Waals surface area contributed by atoms with E-state index in [1.165, 1.54) is 12.3 Å². The van der Waals surface area contributed by atoms with Crippen LogP contribution in [0.15, 0.2) is 83.6 Å². The number of carbonyl (C=O) groups is 2. The summed E-state index contributed by atoms with van der Waals surface area (Å²) >= 11 is 0. The molecule has 0 saturated heterocycles. The van der Waals surface area contributed by atoms with E-state index in [0.29, 0.717) is 11.1 Å². The fraction of sp³-hybridized carbons (Fsp3) is 0.0800. The third-order valence-corrected chi connectivity index (χ3v) is 5.29. The molecular formula is C25H21N5O6. The van der Waals surface area contributed by atoms with Crippen LogP contribution >= 0.6 is 0 Å². The Bertz CT molecular complexity index is 1400. The monoisotopic (exact) mass is 487 g/mol. The number of nitro groups is 1. The minimum absolute atomic E-state index is 0.0560. The van der Waals surface area contributed by atoms with Crippen LogP contribution in [0.3, 0.4) is 0 Å². The lowest BCUT2D eigenvalue weighted by Gasteiger charge is -2.15. The molecule has 4 aromatic rings. The van der Waals surface area contributed by atoms with Gasteiger partial charge in [-0.1, -0.05) is 24.3 Å². The highest BCUT2D eigenvalue weighted by atomic mass is 16.6. The van der Waals surface area contributed by atoms with Crippen molar-refractivity contribution in [3.05, 3.63) is 106 Å². The zero-order valence-electron chi connectivity index (χ0n) is 19.0. The minimum Gasteiger partial charge on any atom is -0.502 e. The average molecular weight is 487 g/mol. The van der Waals surface area contributed by atoms with Crippen LogP contribution in [0.5, 0.6) is 5.75 Å². The number of carbonyl (C=O) groups excluding carboxylic acids is 2. The van der Waals surface area contributed by atoms with Crippen LogP contribution in [0.2, 0.25) is 0 Å². The number of nitrogens with one attached hydrogen (secondary N) is 3. The number of phenolic OH excluding ortho intramolecular Hbond substituents is 1. The Morgan fingerprint density at radius 3 is 2.47 bits per heavy atom. The summed E-state index contributed by atoms with van der Waals surface area (Å²) in [6.45, 7) is 1.98. The largest absolute Gasteiger partial charge is 0.502 e. The highest BCUT2D eigenvalue weighted by Gasteiger charge is 2.20. The molecule has 1 unspecified atom stereocenters. The lowest BCUT2D eigenvalue weighted by atomic mass is 10.1. The SMILES string of the molecule is CC(Nc1ccccc1)c1ccc(-c2ccoc2C(=O)NNC(=O)c2ccc(O)c([N+](=O)[O-])c2)cn1. The fourth-order valence-electron chi connectivity index (χ4n) is 3.44. The number of hydrogen-bond acceptors (Lipinski definition) is 8. The van der Waals surface area contributed by atoms with Gasteiger partial charge in [0.25, 0.3) is 5.91 Å². The maximum Gasteiger partial charge on any atom is 0.311 e. The van der Waals surface area contributed by atoms with Gasteiger partial charge in [0, 0.05) is 34.6 Å². The van der Waals surface area contributed by atoms with Crippen molar-refractivity contribution in [1.29, 1.82) is 0 Å².